The lowest BCUT2D eigenvalue weighted by Gasteiger charge is -2.31. The van der Waals surface area contributed by atoms with Crippen LogP contribution in [0.3, 0.4) is 0 Å². The molecule has 0 heterocycles. The van der Waals surface area contributed by atoms with Crippen molar-refractivity contribution in [1.82, 2.24) is 9.80 Å². The zero-order chi connectivity index (χ0) is 15.0. The minimum absolute atomic E-state index is 0.0928. The Balaban J connectivity index is 4.95. The van der Waals surface area contributed by atoms with Crippen molar-refractivity contribution in [2.45, 2.75) is 19.9 Å². The number of ether oxygens (including phenoxy) is 1. The second-order valence-electron chi connectivity index (χ2n) is 4.14. The summed E-state index contributed by atoms with van der Waals surface area (Å²) in [6, 6.07) is -0.796. The molecule has 0 bridgehead atoms. The zero-order valence-corrected chi connectivity index (χ0v) is 11.5. The molecule has 0 aliphatic heterocycles. The fourth-order valence-electron chi connectivity index (χ4n) is 1.39. The van der Waals surface area contributed by atoms with Crippen molar-refractivity contribution < 1.29 is 24.2 Å². The summed E-state index contributed by atoms with van der Waals surface area (Å²) < 4.78 is 4.51. The maximum absolute atomic E-state index is 12.2. The van der Waals surface area contributed by atoms with Gasteiger partial charge in [0.25, 0.3) is 0 Å². The van der Waals surface area contributed by atoms with Crippen molar-refractivity contribution in [2.24, 2.45) is 0 Å². The lowest BCUT2D eigenvalue weighted by molar-refractivity contribution is -0.141. The number of amides is 2. The molecule has 0 rings (SSSR count). The van der Waals surface area contributed by atoms with Crippen LogP contribution in [-0.2, 0) is 14.3 Å². The maximum atomic E-state index is 12.2. The number of hydrogen-bond acceptors (Lipinski definition) is 4. The van der Waals surface area contributed by atoms with E-state index < -0.39 is 24.5 Å². The van der Waals surface area contributed by atoms with Crippen LogP contribution < -0.4 is 0 Å². The molecule has 0 aromatic heterocycles. The van der Waals surface area contributed by atoms with Gasteiger partial charge >= 0.3 is 18.0 Å². The Hall–Kier alpha value is -2.05. The first kappa shape index (κ1) is 16.9. The zero-order valence-electron chi connectivity index (χ0n) is 11.5. The monoisotopic (exact) mass is 272 g/mol. The van der Waals surface area contributed by atoms with Crippen LogP contribution in [0.25, 0.3) is 0 Å². The Kier molecular flexibility index (Phi) is 7.25. The highest BCUT2D eigenvalue weighted by Crippen LogP contribution is 2.05. The van der Waals surface area contributed by atoms with E-state index in [1.54, 1.807) is 13.8 Å². The van der Waals surface area contributed by atoms with E-state index >= 15 is 0 Å². The third kappa shape index (κ3) is 5.89. The molecule has 19 heavy (non-hydrogen) atoms. The number of hydrogen-bond donors (Lipinski definition) is 1. The van der Waals surface area contributed by atoms with Gasteiger partial charge in [0.15, 0.2) is 0 Å². The molecule has 0 aliphatic carbocycles. The number of esters is 1. The SMILES string of the molecule is C=CCN(CC(=O)O)C(=O)N(CC(=O)OC)C(C)C. The molecule has 7 nitrogen and oxygen atoms in total. The summed E-state index contributed by atoms with van der Waals surface area (Å²) in [6.07, 6.45) is 1.43. The largest absolute Gasteiger partial charge is 0.480 e. The van der Waals surface area contributed by atoms with Crippen LogP contribution in [0.15, 0.2) is 12.7 Å². The van der Waals surface area contributed by atoms with E-state index in [4.69, 9.17) is 5.11 Å². The highest BCUT2D eigenvalue weighted by atomic mass is 16.5. The Morgan fingerprint density at radius 3 is 2.26 bits per heavy atom. The second kappa shape index (κ2) is 8.12. The molecule has 0 aromatic rings. The molecule has 0 saturated carbocycles. The summed E-state index contributed by atoms with van der Waals surface area (Å²) in [4.78, 5) is 36.5. The van der Waals surface area contributed by atoms with Gasteiger partial charge in [-0.25, -0.2) is 4.79 Å². The number of aliphatic carboxylic acids is 1. The van der Waals surface area contributed by atoms with Gasteiger partial charge in [0.05, 0.1) is 7.11 Å². The molecule has 0 fully saturated rings. The van der Waals surface area contributed by atoms with Crippen LogP contribution in [0.4, 0.5) is 4.79 Å². The van der Waals surface area contributed by atoms with E-state index in [0.29, 0.717) is 0 Å². The lowest BCUT2D eigenvalue weighted by atomic mass is 10.3. The minimum atomic E-state index is -1.13. The van der Waals surface area contributed by atoms with Crippen LogP contribution in [0.2, 0.25) is 0 Å². The maximum Gasteiger partial charge on any atom is 0.325 e. The van der Waals surface area contributed by atoms with Crippen molar-refractivity contribution in [1.29, 1.82) is 0 Å². The molecule has 108 valence electrons. The lowest BCUT2D eigenvalue weighted by Crippen LogP contribution is -2.50. The Morgan fingerprint density at radius 1 is 1.32 bits per heavy atom. The third-order valence-electron chi connectivity index (χ3n) is 2.34. The predicted octanol–water partition coefficient (Wildman–Crippen LogP) is 0.562. The average molecular weight is 272 g/mol. The number of urea groups is 1. The normalized spacial score (nSPS) is 9.89. The number of rotatable bonds is 7. The predicted molar refractivity (Wildman–Crippen MR) is 68.7 cm³/mol. The van der Waals surface area contributed by atoms with E-state index in [-0.39, 0.29) is 19.1 Å². The molecule has 1 N–H and O–H groups in total. The van der Waals surface area contributed by atoms with Crippen LogP contribution in [0.1, 0.15) is 13.8 Å². The Morgan fingerprint density at radius 2 is 1.89 bits per heavy atom. The van der Waals surface area contributed by atoms with E-state index in [9.17, 15) is 14.4 Å². The van der Waals surface area contributed by atoms with Gasteiger partial charge in [-0.2, -0.15) is 0 Å². The van der Waals surface area contributed by atoms with Crippen molar-refractivity contribution in [3.05, 3.63) is 12.7 Å². The van der Waals surface area contributed by atoms with E-state index in [1.165, 1.54) is 18.1 Å². The number of carboxylic acid groups (broad SMARTS) is 1. The molecule has 0 radical (unpaired) electrons. The van der Waals surface area contributed by atoms with Crippen molar-refractivity contribution in [3.8, 4) is 0 Å². The molecule has 7 heteroatoms. The fourth-order valence-corrected chi connectivity index (χ4v) is 1.39. The Labute approximate surface area is 112 Å². The molecule has 0 aliphatic rings. The molecule has 0 saturated heterocycles. The molecular formula is C12H20N2O5. The van der Waals surface area contributed by atoms with Crippen LogP contribution >= 0.6 is 0 Å². The first-order valence-electron chi connectivity index (χ1n) is 5.78. The standard InChI is InChI=1S/C12H20N2O5/c1-5-6-13(7-10(15)16)12(18)14(9(2)3)8-11(17)19-4/h5,9H,1,6-8H2,2-4H3,(H,15,16). The molecule has 0 aromatic carbocycles. The number of methoxy groups -OCH3 is 1. The Bertz CT molecular complexity index is 354. The molecule has 0 atom stereocenters. The molecule has 0 spiro atoms. The minimum Gasteiger partial charge on any atom is -0.480 e. The smallest absolute Gasteiger partial charge is 0.325 e. The quantitative estimate of drug-likeness (QED) is 0.540. The van der Waals surface area contributed by atoms with Gasteiger partial charge in [-0.3, -0.25) is 9.59 Å². The van der Waals surface area contributed by atoms with E-state index in [2.05, 4.69) is 11.3 Å². The first-order chi connectivity index (χ1) is 8.83. The number of nitrogens with zero attached hydrogens (tertiary/aromatic N) is 2. The third-order valence-corrected chi connectivity index (χ3v) is 2.34. The second-order valence-corrected chi connectivity index (χ2v) is 4.14. The number of carbonyl (C=O) groups is 3. The van der Waals surface area contributed by atoms with Gasteiger partial charge in [0.2, 0.25) is 0 Å². The van der Waals surface area contributed by atoms with Gasteiger partial charge in [-0.1, -0.05) is 6.08 Å². The summed E-state index contributed by atoms with van der Waals surface area (Å²) in [7, 11) is 1.23. The summed E-state index contributed by atoms with van der Waals surface area (Å²) in [6.45, 7) is 6.36. The van der Waals surface area contributed by atoms with Gasteiger partial charge in [0, 0.05) is 12.6 Å². The summed E-state index contributed by atoms with van der Waals surface area (Å²) in [5, 5.41) is 8.77. The summed E-state index contributed by atoms with van der Waals surface area (Å²) in [5.41, 5.74) is 0. The van der Waals surface area contributed by atoms with Gasteiger partial charge < -0.3 is 19.6 Å². The fraction of sp³-hybridized carbons (Fsp3) is 0.583. The highest BCUT2D eigenvalue weighted by molar-refractivity contribution is 5.84. The summed E-state index contributed by atoms with van der Waals surface area (Å²) >= 11 is 0. The van der Waals surface area contributed by atoms with Crippen LogP contribution in [0, 0.1) is 0 Å². The van der Waals surface area contributed by atoms with Crippen LogP contribution in [-0.4, -0.2) is 65.7 Å². The first-order valence-corrected chi connectivity index (χ1v) is 5.78. The van der Waals surface area contributed by atoms with Gasteiger partial charge in [0.1, 0.15) is 13.1 Å². The number of carbonyl (C=O) groups excluding carboxylic acids is 2. The van der Waals surface area contributed by atoms with Gasteiger partial charge in [-0.05, 0) is 13.8 Å². The van der Waals surface area contributed by atoms with Gasteiger partial charge in [-0.15, -0.1) is 6.58 Å². The van der Waals surface area contributed by atoms with Crippen LogP contribution in [0.5, 0.6) is 0 Å². The van der Waals surface area contributed by atoms with E-state index in [0.717, 1.165) is 4.90 Å². The highest BCUT2D eigenvalue weighted by Gasteiger charge is 2.26. The van der Waals surface area contributed by atoms with Crippen molar-refractivity contribution >= 4 is 18.0 Å². The molecule has 0 unspecified atom stereocenters. The molecule has 2 amide bonds. The number of carboxylic acids is 1. The summed E-state index contributed by atoms with van der Waals surface area (Å²) in [5.74, 6) is -1.69. The average Bonchev–Trinajstić information content (AvgIpc) is 2.33. The topological polar surface area (TPSA) is 87.2 Å². The van der Waals surface area contributed by atoms with E-state index in [1.807, 2.05) is 0 Å². The molecular weight excluding hydrogens is 252 g/mol. The van der Waals surface area contributed by atoms with Crippen molar-refractivity contribution in [2.75, 3.05) is 26.7 Å². The van der Waals surface area contributed by atoms with Crippen molar-refractivity contribution in [3.63, 3.8) is 0 Å².